The van der Waals surface area contributed by atoms with Crippen molar-refractivity contribution in [3.63, 3.8) is 0 Å². The van der Waals surface area contributed by atoms with Crippen LogP contribution in [0.5, 0.6) is 0 Å². The summed E-state index contributed by atoms with van der Waals surface area (Å²) in [6.45, 7) is 4.47. The number of amides is 1. The van der Waals surface area contributed by atoms with Gasteiger partial charge in [0.05, 0.1) is 12.1 Å². The molecule has 1 aliphatic carbocycles. The summed E-state index contributed by atoms with van der Waals surface area (Å²) >= 11 is 0. The highest BCUT2D eigenvalue weighted by atomic mass is 16.4. The number of nitrogens with zero attached hydrogens (tertiary/aromatic N) is 3. The molecule has 1 aliphatic rings. The lowest BCUT2D eigenvalue weighted by atomic mass is 9.78. The number of aromatic nitrogens is 3. The van der Waals surface area contributed by atoms with Crippen LogP contribution in [0.15, 0.2) is 6.20 Å². The van der Waals surface area contributed by atoms with Crippen LogP contribution in [0.3, 0.4) is 0 Å². The second-order valence-electron chi connectivity index (χ2n) is 5.92. The number of carboxylic acids is 1. The third-order valence-electron chi connectivity index (χ3n) is 4.28. The number of carbonyl (C=O) groups excluding carboxylic acids is 1. The Morgan fingerprint density at radius 3 is 2.90 bits per heavy atom. The molecule has 0 aromatic carbocycles. The Balaban J connectivity index is 1.86. The van der Waals surface area contributed by atoms with E-state index in [-0.39, 0.29) is 24.9 Å². The van der Waals surface area contributed by atoms with Gasteiger partial charge < -0.3 is 10.4 Å². The molecule has 3 unspecified atom stereocenters. The lowest BCUT2D eigenvalue weighted by Gasteiger charge is -2.34. The summed E-state index contributed by atoms with van der Waals surface area (Å²) in [5.41, 5.74) is 0.356. The monoisotopic (exact) mass is 294 g/mol. The van der Waals surface area contributed by atoms with Gasteiger partial charge in [0.15, 0.2) is 0 Å². The summed E-state index contributed by atoms with van der Waals surface area (Å²) in [7, 11) is 0. The number of nitrogens with one attached hydrogen (secondary N) is 1. The minimum atomic E-state index is -0.962. The Labute approximate surface area is 123 Å². The number of carbonyl (C=O) groups is 2. The molecule has 1 fully saturated rings. The first kappa shape index (κ1) is 15.5. The average molecular weight is 294 g/mol. The molecule has 7 heteroatoms. The Hall–Kier alpha value is -1.92. The topological polar surface area (TPSA) is 97.1 Å². The molecule has 1 saturated carbocycles. The van der Waals surface area contributed by atoms with E-state index in [0.717, 1.165) is 12.8 Å². The van der Waals surface area contributed by atoms with Gasteiger partial charge in [-0.1, -0.05) is 31.9 Å². The maximum atomic E-state index is 12.0. The fraction of sp³-hybridized carbons (Fsp3) is 0.714. The highest BCUT2D eigenvalue weighted by Crippen LogP contribution is 2.29. The summed E-state index contributed by atoms with van der Waals surface area (Å²) in [6, 6.07) is 0.211. The van der Waals surface area contributed by atoms with E-state index in [1.54, 1.807) is 0 Å². The number of rotatable bonds is 5. The normalized spacial score (nSPS) is 25.5. The van der Waals surface area contributed by atoms with E-state index in [0.29, 0.717) is 17.5 Å². The zero-order valence-corrected chi connectivity index (χ0v) is 12.5. The van der Waals surface area contributed by atoms with Gasteiger partial charge in [0.1, 0.15) is 6.54 Å². The van der Waals surface area contributed by atoms with Crippen LogP contribution in [0.25, 0.3) is 0 Å². The fourth-order valence-electron chi connectivity index (χ4n) is 2.84. The predicted molar refractivity (Wildman–Crippen MR) is 75.5 cm³/mol. The third kappa shape index (κ3) is 4.27. The SMILES string of the molecule is CC1CCCC(NC(=O)Cn2cc(CC(=O)O)nn2)C1C. The lowest BCUT2D eigenvalue weighted by Crippen LogP contribution is -2.44. The summed E-state index contributed by atoms with van der Waals surface area (Å²) in [4.78, 5) is 22.6. The van der Waals surface area contributed by atoms with E-state index in [1.807, 2.05) is 0 Å². The smallest absolute Gasteiger partial charge is 0.309 e. The van der Waals surface area contributed by atoms with Crippen LogP contribution >= 0.6 is 0 Å². The first-order valence-electron chi connectivity index (χ1n) is 7.36. The van der Waals surface area contributed by atoms with E-state index in [9.17, 15) is 9.59 Å². The van der Waals surface area contributed by atoms with E-state index >= 15 is 0 Å². The molecule has 1 heterocycles. The first-order chi connectivity index (χ1) is 9.95. The molecule has 1 amide bonds. The minimum Gasteiger partial charge on any atom is -0.481 e. The van der Waals surface area contributed by atoms with Gasteiger partial charge in [-0.25, -0.2) is 4.68 Å². The van der Waals surface area contributed by atoms with Gasteiger partial charge in [-0.2, -0.15) is 0 Å². The average Bonchev–Trinajstić information content (AvgIpc) is 2.81. The molecule has 116 valence electrons. The van der Waals surface area contributed by atoms with Crippen LogP contribution in [0, 0.1) is 11.8 Å². The molecule has 0 aliphatic heterocycles. The van der Waals surface area contributed by atoms with Crippen LogP contribution in [0.4, 0.5) is 0 Å². The minimum absolute atomic E-state index is 0.0736. The first-order valence-corrected chi connectivity index (χ1v) is 7.36. The molecule has 7 nitrogen and oxygen atoms in total. The largest absolute Gasteiger partial charge is 0.481 e. The number of hydrogen-bond donors (Lipinski definition) is 2. The van der Waals surface area contributed by atoms with Crippen molar-refractivity contribution >= 4 is 11.9 Å². The van der Waals surface area contributed by atoms with Crippen molar-refractivity contribution in [3.05, 3.63) is 11.9 Å². The van der Waals surface area contributed by atoms with E-state index < -0.39 is 5.97 Å². The van der Waals surface area contributed by atoms with Crippen LogP contribution in [0.2, 0.25) is 0 Å². The van der Waals surface area contributed by atoms with Gasteiger partial charge >= 0.3 is 5.97 Å². The van der Waals surface area contributed by atoms with Gasteiger partial charge in [0.25, 0.3) is 0 Å². The van der Waals surface area contributed by atoms with Crippen molar-refractivity contribution in [1.29, 1.82) is 0 Å². The van der Waals surface area contributed by atoms with Gasteiger partial charge in [-0.15, -0.1) is 5.10 Å². The van der Waals surface area contributed by atoms with Crippen molar-refractivity contribution in [2.24, 2.45) is 11.8 Å². The molecule has 0 bridgehead atoms. The Morgan fingerprint density at radius 2 is 2.19 bits per heavy atom. The molecular formula is C14H22N4O3. The molecular weight excluding hydrogens is 272 g/mol. The highest BCUT2D eigenvalue weighted by Gasteiger charge is 2.28. The van der Waals surface area contributed by atoms with Crippen molar-refractivity contribution < 1.29 is 14.7 Å². The quantitative estimate of drug-likeness (QED) is 0.839. The summed E-state index contributed by atoms with van der Waals surface area (Å²) in [5, 5.41) is 19.2. The van der Waals surface area contributed by atoms with Crippen LogP contribution in [0.1, 0.15) is 38.8 Å². The van der Waals surface area contributed by atoms with E-state index in [4.69, 9.17) is 5.11 Å². The van der Waals surface area contributed by atoms with Gasteiger partial charge in [-0.3, -0.25) is 9.59 Å². The van der Waals surface area contributed by atoms with Crippen LogP contribution in [-0.2, 0) is 22.6 Å². The molecule has 0 spiro atoms. The van der Waals surface area contributed by atoms with Crippen LogP contribution in [-0.4, -0.2) is 38.0 Å². The molecule has 3 atom stereocenters. The van der Waals surface area contributed by atoms with E-state index in [2.05, 4.69) is 29.5 Å². The number of carboxylic acid groups (broad SMARTS) is 1. The molecule has 1 aromatic heterocycles. The van der Waals surface area contributed by atoms with Gasteiger partial charge in [-0.05, 0) is 18.3 Å². The second-order valence-corrected chi connectivity index (χ2v) is 5.92. The molecule has 0 radical (unpaired) electrons. The Morgan fingerprint density at radius 1 is 1.43 bits per heavy atom. The van der Waals surface area contributed by atoms with Crippen molar-refractivity contribution in [3.8, 4) is 0 Å². The predicted octanol–water partition coefficient (Wildman–Crippen LogP) is 0.846. The zero-order valence-electron chi connectivity index (χ0n) is 12.5. The van der Waals surface area contributed by atoms with Crippen molar-refractivity contribution in [2.75, 3.05) is 0 Å². The standard InChI is InChI=1S/C14H22N4O3/c1-9-4-3-5-12(10(9)2)15-13(19)8-18-7-11(16-17-18)6-14(20)21/h7,9-10,12H,3-6,8H2,1-2H3,(H,15,19)(H,20,21). The lowest BCUT2D eigenvalue weighted by molar-refractivity contribution is -0.136. The van der Waals surface area contributed by atoms with Crippen molar-refractivity contribution in [2.45, 2.75) is 52.1 Å². The summed E-state index contributed by atoms with van der Waals surface area (Å²) in [6.07, 6.45) is 4.69. The molecule has 2 rings (SSSR count). The summed E-state index contributed by atoms with van der Waals surface area (Å²) < 4.78 is 1.38. The number of hydrogen-bond acceptors (Lipinski definition) is 4. The molecule has 21 heavy (non-hydrogen) atoms. The Kier molecular flexibility index (Phi) is 4.93. The third-order valence-corrected chi connectivity index (χ3v) is 4.28. The maximum Gasteiger partial charge on any atom is 0.309 e. The maximum absolute atomic E-state index is 12.0. The molecule has 0 saturated heterocycles. The molecule has 1 aromatic rings. The van der Waals surface area contributed by atoms with E-state index in [1.165, 1.54) is 17.3 Å². The van der Waals surface area contributed by atoms with Gasteiger partial charge in [0.2, 0.25) is 5.91 Å². The second kappa shape index (κ2) is 6.69. The zero-order chi connectivity index (χ0) is 15.4. The fourth-order valence-corrected chi connectivity index (χ4v) is 2.84. The number of aliphatic carboxylic acids is 1. The highest BCUT2D eigenvalue weighted by molar-refractivity contribution is 5.76. The molecule has 2 N–H and O–H groups in total. The van der Waals surface area contributed by atoms with Crippen LogP contribution < -0.4 is 5.32 Å². The van der Waals surface area contributed by atoms with Gasteiger partial charge in [0, 0.05) is 12.2 Å². The summed E-state index contributed by atoms with van der Waals surface area (Å²) in [5.74, 6) is 0.0304. The Bertz CT molecular complexity index is 514. The van der Waals surface area contributed by atoms with Crippen molar-refractivity contribution in [1.82, 2.24) is 20.3 Å².